The topological polar surface area (TPSA) is 46.6 Å². The number of quaternary nitrogens is 1. The minimum absolute atomic E-state index is 0.591. The quantitative estimate of drug-likeness (QED) is 0.768. The van der Waals surface area contributed by atoms with E-state index in [1.54, 1.807) is 0 Å². The zero-order valence-electron chi connectivity index (χ0n) is 14.8. The number of benzene rings is 2. The fourth-order valence-electron chi connectivity index (χ4n) is 3.40. The third-order valence-electron chi connectivity index (χ3n) is 4.87. The molecule has 1 saturated heterocycles. The van der Waals surface area contributed by atoms with Gasteiger partial charge < -0.3 is 14.2 Å². The molecule has 26 heavy (non-hydrogen) atoms. The lowest BCUT2D eigenvalue weighted by atomic mass is 10.1. The zero-order valence-corrected chi connectivity index (χ0v) is 15.5. The number of aromatic nitrogens is 2. The van der Waals surface area contributed by atoms with Gasteiger partial charge in [0.2, 0.25) is 5.89 Å². The van der Waals surface area contributed by atoms with Gasteiger partial charge in [-0.05, 0) is 36.8 Å². The van der Waals surface area contributed by atoms with Crippen LogP contribution in [0.1, 0.15) is 11.5 Å². The van der Waals surface area contributed by atoms with E-state index in [0.717, 1.165) is 43.3 Å². The lowest BCUT2D eigenvalue weighted by Crippen LogP contribution is -3.13. The summed E-state index contributed by atoms with van der Waals surface area (Å²) in [6.45, 7) is 6.97. The average molecular weight is 370 g/mol. The van der Waals surface area contributed by atoms with Crippen molar-refractivity contribution in [2.24, 2.45) is 0 Å². The van der Waals surface area contributed by atoms with Gasteiger partial charge in [0.15, 0.2) is 6.54 Å². The van der Waals surface area contributed by atoms with Crippen molar-refractivity contribution in [2.45, 2.75) is 13.5 Å². The SMILES string of the molecule is Cc1ccc(Cl)cc1N1CC[NH+](Cc2nnc(-c3ccccc3)o2)CC1. The lowest BCUT2D eigenvalue weighted by molar-refractivity contribution is -0.915. The third kappa shape index (κ3) is 3.74. The minimum Gasteiger partial charge on any atom is -0.415 e. The van der Waals surface area contributed by atoms with E-state index in [1.165, 1.54) is 16.2 Å². The largest absolute Gasteiger partial charge is 0.415 e. The van der Waals surface area contributed by atoms with Crippen LogP contribution in [0.4, 0.5) is 5.69 Å². The molecule has 134 valence electrons. The van der Waals surface area contributed by atoms with E-state index in [1.807, 2.05) is 36.4 Å². The van der Waals surface area contributed by atoms with E-state index >= 15 is 0 Å². The molecule has 1 aliphatic rings. The van der Waals surface area contributed by atoms with Crippen LogP contribution in [0, 0.1) is 6.92 Å². The van der Waals surface area contributed by atoms with Gasteiger partial charge in [-0.1, -0.05) is 35.9 Å². The highest BCUT2D eigenvalue weighted by Gasteiger charge is 2.23. The molecule has 4 rings (SSSR count). The van der Waals surface area contributed by atoms with Gasteiger partial charge >= 0.3 is 0 Å². The van der Waals surface area contributed by atoms with Crippen LogP contribution in [0.3, 0.4) is 0 Å². The van der Waals surface area contributed by atoms with E-state index in [-0.39, 0.29) is 0 Å². The highest BCUT2D eigenvalue weighted by atomic mass is 35.5. The molecule has 1 N–H and O–H groups in total. The smallest absolute Gasteiger partial charge is 0.271 e. The normalized spacial score (nSPS) is 15.4. The molecule has 0 radical (unpaired) electrons. The highest BCUT2D eigenvalue weighted by molar-refractivity contribution is 6.30. The number of piperazine rings is 1. The summed E-state index contributed by atoms with van der Waals surface area (Å²) < 4.78 is 5.84. The molecule has 2 aromatic carbocycles. The number of anilines is 1. The fourth-order valence-corrected chi connectivity index (χ4v) is 3.57. The summed E-state index contributed by atoms with van der Waals surface area (Å²) >= 11 is 6.17. The van der Waals surface area contributed by atoms with Crippen molar-refractivity contribution >= 4 is 17.3 Å². The first-order valence-electron chi connectivity index (χ1n) is 8.91. The number of aryl methyl sites for hydroxylation is 1. The predicted octanol–water partition coefficient (Wildman–Crippen LogP) is 2.60. The highest BCUT2D eigenvalue weighted by Crippen LogP contribution is 2.24. The Balaban J connectivity index is 1.37. The van der Waals surface area contributed by atoms with Crippen LogP contribution in [0.25, 0.3) is 11.5 Å². The van der Waals surface area contributed by atoms with E-state index in [4.69, 9.17) is 16.0 Å². The second-order valence-electron chi connectivity index (χ2n) is 6.71. The Labute approximate surface area is 158 Å². The Bertz CT molecular complexity index is 873. The molecular weight excluding hydrogens is 348 g/mol. The first kappa shape index (κ1) is 17.1. The molecule has 5 nitrogen and oxygen atoms in total. The molecule has 3 aromatic rings. The molecule has 1 aromatic heterocycles. The van der Waals surface area contributed by atoms with E-state index < -0.39 is 0 Å². The van der Waals surface area contributed by atoms with Crippen LogP contribution < -0.4 is 9.80 Å². The molecule has 0 aliphatic carbocycles. The van der Waals surface area contributed by atoms with E-state index in [2.05, 4.69) is 34.2 Å². The maximum Gasteiger partial charge on any atom is 0.271 e. The van der Waals surface area contributed by atoms with Gasteiger partial charge in [-0.25, -0.2) is 0 Å². The molecule has 6 heteroatoms. The van der Waals surface area contributed by atoms with Crippen molar-refractivity contribution in [2.75, 3.05) is 31.1 Å². The van der Waals surface area contributed by atoms with Crippen LogP contribution in [0.15, 0.2) is 52.9 Å². The molecule has 2 heterocycles. The maximum absolute atomic E-state index is 6.17. The standard InChI is InChI=1S/C20H21ClN4O/c1-15-7-8-17(21)13-18(15)25-11-9-24(10-12-25)14-19-22-23-20(26-19)16-5-3-2-4-6-16/h2-8,13H,9-12,14H2,1H3/p+1. The maximum atomic E-state index is 6.17. The van der Waals surface area contributed by atoms with Crippen LogP contribution in [-0.4, -0.2) is 36.4 Å². The van der Waals surface area contributed by atoms with Gasteiger partial charge in [-0.2, -0.15) is 0 Å². The average Bonchev–Trinajstić information content (AvgIpc) is 3.14. The van der Waals surface area contributed by atoms with Crippen molar-refractivity contribution in [3.8, 4) is 11.5 Å². The summed E-state index contributed by atoms with van der Waals surface area (Å²) in [6, 6.07) is 16.0. The Morgan fingerprint density at radius 3 is 2.62 bits per heavy atom. The van der Waals surface area contributed by atoms with Crippen molar-refractivity contribution in [3.05, 3.63) is 65.0 Å². The lowest BCUT2D eigenvalue weighted by Gasteiger charge is -2.34. The second kappa shape index (κ2) is 7.48. The number of nitrogens with zero attached hydrogens (tertiary/aromatic N) is 3. The first-order chi connectivity index (χ1) is 12.7. The number of nitrogens with one attached hydrogen (secondary N) is 1. The van der Waals surface area contributed by atoms with Crippen molar-refractivity contribution < 1.29 is 9.32 Å². The summed E-state index contributed by atoms with van der Waals surface area (Å²) in [5.74, 6) is 1.29. The second-order valence-corrected chi connectivity index (χ2v) is 7.15. The van der Waals surface area contributed by atoms with Gasteiger partial charge in [0, 0.05) is 16.3 Å². The van der Waals surface area contributed by atoms with Crippen LogP contribution in [0.5, 0.6) is 0 Å². The predicted molar refractivity (Wildman–Crippen MR) is 103 cm³/mol. The van der Waals surface area contributed by atoms with Crippen LogP contribution in [-0.2, 0) is 6.54 Å². The summed E-state index contributed by atoms with van der Waals surface area (Å²) in [5.41, 5.74) is 3.46. The van der Waals surface area contributed by atoms with Gasteiger partial charge in [-0.15, -0.1) is 10.2 Å². The summed E-state index contributed by atoms with van der Waals surface area (Å²) in [7, 11) is 0. The third-order valence-corrected chi connectivity index (χ3v) is 5.11. The van der Waals surface area contributed by atoms with Crippen LogP contribution in [0.2, 0.25) is 5.02 Å². The van der Waals surface area contributed by atoms with Crippen molar-refractivity contribution in [1.82, 2.24) is 10.2 Å². The molecule has 0 atom stereocenters. The Morgan fingerprint density at radius 1 is 1.08 bits per heavy atom. The molecular formula is C20H22ClN4O+. The van der Waals surface area contributed by atoms with Crippen molar-refractivity contribution in [1.29, 1.82) is 0 Å². The molecule has 0 spiro atoms. The molecule has 0 unspecified atom stereocenters. The molecule has 0 bridgehead atoms. The molecule has 1 aliphatic heterocycles. The Kier molecular flexibility index (Phi) is 4.91. The van der Waals surface area contributed by atoms with Gasteiger partial charge in [-0.3, -0.25) is 0 Å². The van der Waals surface area contributed by atoms with E-state index in [9.17, 15) is 0 Å². The monoisotopic (exact) mass is 369 g/mol. The summed E-state index contributed by atoms with van der Waals surface area (Å²) in [5, 5.41) is 9.19. The Morgan fingerprint density at radius 2 is 1.85 bits per heavy atom. The van der Waals surface area contributed by atoms with Crippen LogP contribution >= 0.6 is 11.6 Å². The summed E-state index contributed by atoms with van der Waals surface area (Å²) in [6.07, 6.45) is 0. The number of halogens is 1. The van der Waals surface area contributed by atoms with Gasteiger partial charge in [0.05, 0.1) is 26.2 Å². The molecule has 0 amide bonds. The minimum atomic E-state index is 0.591. The zero-order chi connectivity index (χ0) is 17.9. The fraction of sp³-hybridized carbons (Fsp3) is 0.300. The summed E-state index contributed by atoms with van der Waals surface area (Å²) in [4.78, 5) is 3.87. The number of rotatable bonds is 4. The number of hydrogen-bond donors (Lipinski definition) is 1. The first-order valence-corrected chi connectivity index (χ1v) is 9.29. The molecule has 1 fully saturated rings. The van der Waals surface area contributed by atoms with E-state index in [0.29, 0.717) is 11.8 Å². The van der Waals surface area contributed by atoms with Gasteiger partial charge in [0.25, 0.3) is 5.89 Å². The van der Waals surface area contributed by atoms with Crippen molar-refractivity contribution in [3.63, 3.8) is 0 Å². The van der Waals surface area contributed by atoms with Gasteiger partial charge in [0.1, 0.15) is 0 Å². The Hall–Kier alpha value is -2.37. The molecule has 0 saturated carbocycles. The number of hydrogen-bond acceptors (Lipinski definition) is 4.